The van der Waals surface area contributed by atoms with Crippen molar-refractivity contribution in [3.05, 3.63) is 53.6 Å². The number of carbonyl (C=O) groups is 2. The van der Waals surface area contributed by atoms with E-state index in [-0.39, 0.29) is 17.7 Å². The van der Waals surface area contributed by atoms with Gasteiger partial charge in [0.1, 0.15) is 0 Å². The average molecular weight is 284 g/mol. The Balaban J connectivity index is 1.85. The van der Waals surface area contributed by atoms with Crippen molar-refractivity contribution in [2.24, 2.45) is 5.92 Å². The van der Waals surface area contributed by atoms with Crippen molar-refractivity contribution in [1.29, 1.82) is 0 Å². The number of methoxy groups -OCH3 is 1. The van der Waals surface area contributed by atoms with Gasteiger partial charge in [0.2, 0.25) is 0 Å². The molecule has 3 nitrogen and oxygen atoms in total. The van der Waals surface area contributed by atoms with Gasteiger partial charge in [-0.05, 0) is 30.9 Å². The fourth-order valence-corrected chi connectivity index (χ4v) is 2.47. The van der Waals surface area contributed by atoms with Crippen molar-refractivity contribution >= 4 is 17.8 Å². The number of hydrogen-bond acceptors (Lipinski definition) is 3. The number of allylic oxidation sites excluding steroid dienone is 3. The molecule has 1 aliphatic carbocycles. The second kappa shape index (κ2) is 7.58. The molecule has 3 heteroatoms. The lowest BCUT2D eigenvalue weighted by atomic mass is 9.87. The van der Waals surface area contributed by atoms with Crippen LogP contribution in [0.5, 0.6) is 0 Å². The second-order valence-corrected chi connectivity index (χ2v) is 5.24. The number of rotatable bonds is 5. The van der Waals surface area contributed by atoms with E-state index in [0.29, 0.717) is 12.8 Å². The number of carbonyl (C=O) groups excluding carboxylic acids is 2. The number of ether oxygens (including phenoxy) is 1. The third-order valence-corrected chi connectivity index (χ3v) is 3.70. The SMILES string of the molecule is COC(=O)C1CC=C(CC(=O)/C=C/c2ccccc2)CC1. The Labute approximate surface area is 125 Å². The van der Waals surface area contributed by atoms with Gasteiger partial charge in [0, 0.05) is 6.42 Å². The van der Waals surface area contributed by atoms with Gasteiger partial charge in [0.05, 0.1) is 13.0 Å². The molecule has 1 atom stereocenters. The van der Waals surface area contributed by atoms with Crippen molar-refractivity contribution < 1.29 is 14.3 Å². The lowest BCUT2D eigenvalue weighted by molar-refractivity contribution is -0.145. The molecule has 2 rings (SSSR count). The van der Waals surface area contributed by atoms with Crippen LogP contribution in [0.4, 0.5) is 0 Å². The Morgan fingerprint density at radius 3 is 2.67 bits per heavy atom. The van der Waals surface area contributed by atoms with Crippen LogP contribution in [0.1, 0.15) is 31.2 Å². The summed E-state index contributed by atoms with van der Waals surface area (Å²) in [5, 5.41) is 0. The molecule has 0 N–H and O–H groups in total. The molecule has 0 radical (unpaired) electrons. The lowest BCUT2D eigenvalue weighted by Crippen LogP contribution is -2.18. The van der Waals surface area contributed by atoms with Crippen LogP contribution in [-0.4, -0.2) is 18.9 Å². The molecule has 0 saturated carbocycles. The highest BCUT2D eigenvalue weighted by atomic mass is 16.5. The second-order valence-electron chi connectivity index (χ2n) is 5.24. The molecule has 21 heavy (non-hydrogen) atoms. The zero-order valence-electron chi connectivity index (χ0n) is 12.2. The molecule has 1 aromatic rings. The van der Waals surface area contributed by atoms with E-state index < -0.39 is 0 Å². The van der Waals surface area contributed by atoms with Crippen LogP contribution in [-0.2, 0) is 14.3 Å². The molecule has 0 saturated heterocycles. The van der Waals surface area contributed by atoms with Gasteiger partial charge >= 0.3 is 5.97 Å². The first-order valence-corrected chi connectivity index (χ1v) is 7.20. The van der Waals surface area contributed by atoms with E-state index in [2.05, 4.69) is 0 Å². The largest absolute Gasteiger partial charge is 0.469 e. The first-order chi connectivity index (χ1) is 10.2. The van der Waals surface area contributed by atoms with Crippen LogP contribution in [0.25, 0.3) is 6.08 Å². The van der Waals surface area contributed by atoms with Crippen LogP contribution in [0.2, 0.25) is 0 Å². The molecule has 1 unspecified atom stereocenters. The molecule has 0 fully saturated rings. The molecule has 0 spiro atoms. The van der Waals surface area contributed by atoms with E-state index in [0.717, 1.165) is 24.0 Å². The predicted octanol–water partition coefficient (Wildman–Crippen LogP) is 3.56. The zero-order chi connectivity index (χ0) is 15.1. The van der Waals surface area contributed by atoms with E-state index in [9.17, 15) is 9.59 Å². The molecule has 0 aromatic heterocycles. The van der Waals surface area contributed by atoms with Gasteiger partial charge in [-0.25, -0.2) is 0 Å². The van der Waals surface area contributed by atoms with Gasteiger partial charge in [0.15, 0.2) is 5.78 Å². The maximum Gasteiger partial charge on any atom is 0.308 e. The summed E-state index contributed by atoms with van der Waals surface area (Å²) in [6.07, 6.45) is 8.17. The third-order valence-electron chi connectivity index (χ3n) is 3.70. The topological polar surface area (TPSA) is 43.4 Å². The van der Waals surface area contributed by atoms with Crippen molar-refractivity contribution in [2.75, 3.05) is 7.11 Å². The maximum absolute atomic E-state index is 11.9. The Hall–Kier alpha value is -2.16. The van der Waals surface area contributed by atoms with E-state index in [4.69, 9.17) is 4.74 Å². The van der Waals surface area contributed by atoms with Crippen molar-refractivity contribution in [1.82, 2.24) is 0 Å². The van der Waals surface area contributed by atoms with E-state index >= 15 is 0 Å². The summed E-state index contributed by atoms with van der Waals surface area (Å²) in [5.41, 5.74) is 2.15. The average Bonchev–Trinajstić information content (AvgIpc) is 2.54. The fraction of sp³-hybridized carbons (Fsp3) is 0.333. The van der Waals surface area contributed by atoms with Gasteiger partial charge in [-0.3, -0.25) is 9.59 Å². The molecule has 0 bridgehead atoms. The van der Waals surface area contributed by atoms with E-state index in [1.54, 1.807) is 6.08 Å². The minimum atomic E-state index is -0.152. The summed E-state index contributed by atoms with van der Waals surface area (Å²) in [6, 6.07) is 9.76. The highest BCUT2D eigenvalue weighted by Crippen LogP contribution is 2.26. The van der Waals surface area contributed by atoms with E-state index in [1.165, 1.54) is 7.11 Å². The molecule has 0 heterocycles. The van der Waals surface area contributed by atoms with Crippen LogP contribution in [0.3, 0.4) is 0 Å². The number of ketones is 1. The van der Waals surface area contributed by atoms with Crippen molar-refractivity contribution in [3.8, 4) is 0 Å². The summed E-state index contributed by atoms with van der Waals surface area (Å²) in [7, 11) is 1.42. The van der Waals surface area contributed by atoms with Gasteiger partial charge < -0.3 is 4.74 Å². The minimum Gasteiger partial charge on any atom is -0.469 e. The Morgan fingerprint density at radius 2 is 2.05 bits per heavy atom. The number of hydrogen-bond donors (Lipinski definition) is 0. The highest BCUT2D eigenvalue weighted by molar-refractivity contribution is 5.95. The molecular weight excluding hydrogens is 264 g/mol. The molecule has 110 valence electrons. The first-order valence-electron chi connectivity index (χ1n) is 7.20. The lowest BCUT2D eigenvalue weighted by Gasteiger charge is -2.19. The summed E-state index contributed by atoms with van der Waals surface area (Å²) < 4.78 is 4.75. The van der Waals surface area contributed by atoms with Crippen LogP contribution >= 0.6 is 0 Å². The monoisotopic (exact) mass is 284 g/mol. The van der Waals surface area contributed by atoms with Crippen LogP contribution < -0.4 is 0 Å². The molecule has 1 aromatic carbocycles. The van der Waals surface area contributed by atoms with Gasteiger partial charge in [-0.2, -0.15) is 0 Å². The standard InChI is InChI=1S/C18H20O3/c1-21-18(20)16-10-7-15(8-11-16)13-17(19)12-9-14-5-3-2-4-6-14/h2-7,9,12,16H,8,10-11,13H2,1H3/b12-9+. The van der Waals surface area contributed by atoms with E-state index in [1.807, 2.05) is 42.5 Å². The molecule has 1 aliphatic rings. The minimum absolute atomic E-state index is 0.0475. The highest BCUT2D eigenvalue weighted by Gasteiger charge is 2.22. The Bertz CT molecular complexity index is 555. The predicted molar refractivity (Wildman–Crippen MR) is 82.5 cm³/mol. The summed E-state index contributed by atoms with van der Waals surface area (Å²) in [4.78, 5) is 23.4. The zero-order valence-corrected chi connectivity index (χ0v) is 12.2. The summed E-state index contributed by atoms with van der Waals surface area (Å²) in [5.74, 6) is -0.101. The van der Waals surface area contributed by atoms with Gasteiger partial charge in [0.25, 0.3) is 0 Å². The van der Waals surface area contributed by atoms with Crippen molar-refractivity contribution in [3.63, 3.8) is 0 Å². The summed E-state index contributed by atoms with van der Waals surface area (Å²) >= 11 is 0. The smallest absolute Gasteiger partial charge is 0.308 e. The first kappa shape index (κ1) is 15.2. The Kier molecular flexibility index (Phi) is 5.50. The van der Waals surface area contributed by atoms with Gasteiger partial charge in [-0.15, -0.1) is 0 Å². The Morgan fingerprint density at radius 1 is 1.29 bits per heavy atom. The molecular formula is C18H20O3. The third kappa shape index (κ3) is 4.71. The molecule has 0 aliphatic heterocycles. The number of esters is 1. The quantitative estimate of drug-likeness (QED) is 0.472. The van der Waals surface area contributed by atoms with Crippen LogP contribution in [0.15, 0.2) is 48.1 Å². The van der Waals surface area contributed by atoms with Crippen molar-refractivity contribution in [2.45, 2.75) is 25.7 Å². The van der Waals surface area contributed by atoms with Gasteiger partial charge in [-0.1, -0.05) is 48.1 Å². The normalized spacial score (nSPS) is 18.3. The van der Waals surface area contributed by atoms with Crippen LogP contribution in [0, 0.1) is 5.92 Å². The fourth-order valence-electron chi connectivity index (χ4n) is 2.47. The maximum atomic E-state index is 11.9. The summed E-state index contributed by atoms with van der Waals surface area (Å²) in [6.45, 7) is 0. The molecule has 0 amide bonds. The number of benzene rings is 1.